The van der Waals surface area contributed by atoms with Crippen molar-refractivity contribution in [3.63, 3.8) is 0 Å². The van der Waals surface area contributed by atoms with Gasteiger partial charge in [0.2, 0.25) is 5.91 Å². The van der Waals surface area contributed by atoms with Crippen LogP contribution in [0.25, 0.3) is 10.9 Å². The Morgan fingerprint density at radius 3 is 2.88 bits per heavy atom. The van der Waals surface area contributed by atoms with Gasteiger partial charge in [-0.15, -0.1) is 0 Å². The average molecular weight is 436 g/mol. The molecular formula is C22H21FN6O3. The van der Waals surface area contributed by atoms with Crippen LogP contribution in [0.2, 0.25) is 0 Å². The van der Waals surface area contributed by atoms with Gasteiger partial charge in [0.25, 0.3) is 5.56 Å². The molecule has 4 rings (SSSR count). The summed E-state index contributed by atoms with van der Waals surface area (Å²) in [6, 6.07) is 8.85. The van der Waals surface area contributed by atoms with E-state index in [1.54, 1.807) is 17.0 Å². The molecule has 0 aliphatic carbocycles. The third-order valence-corrected chi connectivity index (χ3v) is 5.51. The smallest absolute Gasteiger partial charge is 0.258 e. The van der Waals surface area contributed by atoms with E-state index < -0.39 is 17.4 Å². The summed E-state index contributed by atoms with van der Waals surface area (Å²) in [5.74, 6) is 0.365. The zero-order valence-electron chi connectivity index (χ0n) is 17.2. The zero-order chi connectivity index (χ0) is 22.7. The van der Waals surface area contributed by atoms with Crippen LogP contribution >= 0.6 is 0 Å². The molecule has 10 heteroatoms. The molecule has 0 saturated carbocycles. The van der Waals surface area contributed by atoms with Crippen molar-refractivity contribution in [2.75, 3.05) is 31.1 Å². The van der Waals surface area contributed by atoms with Crippen molar-refractivity contribution in [2.24, 2.45) is 0 Å². The number of carbonyl (C=O) groups excluding carboxylic acids is 1. The van der Waals surface area contributed by atoms with Gasteiger partial charge in [0.05, 0.1) is 29.1 Å². The molecule has 1 saturated heterocycles. The van der Waals surface area contributed by atoms with E-state index in [9.17, 15) is 19.1 Å². The fourth-order valence-corrected chi connectivity index (χ4v) is 3.83. The lowest BCUT2D eigenvalue weighted by Crippen LogP contribution is -2.57. The molecule has 1 aliphatic rings. The first-order valence-electron chi connectivity index (χ1n) is 10.2. The number of hydrogen-bond acceptors (Lipinski definition) is 7. The van der Waals surface area contributed by atoms with Crippen molar-refractivity contribution in [2.45, 2.75) is 18.9 Å². The van der Waals surface area contributed by atoms with Crippen molar-refractivity contribution in [1.29, 1.82) is 5.26 Å². The molecule has 32 heavy (non-hydrogen) atoms. The van der Waals surface area contributed by atoms with Gasteiger partial charge in [-0.2, -0.15) is 5.26 Å². The number of amides is 1. The van der Waals surface area contributed by atoms with Crippen molar-refractivity contribution in [1.82, 2.24) is 19.9 Å². The lowest BCUT2D eigenvalue weighted by atomic mass is 10.1. The lowest BCUT2D eigenvalue weighted by Gasteiger charge is -2.41. The number of piperazine rings is 1. The van der Waals surface area contributed by atoms with E-state index in [1.165, 1.54) is 18.3 Å². The first-order chi connectivity index (χ1) is 15.5. The Morgan fingerprint density at radius 1 is 1.31 bits per heavy atom. The minimum atomic E-state index is -0.516. The topological polar surface area (TPSA) is 126 Å². The summed E-state index contributed by atoms with van der Waals surface area (Å²) >= 11 is 0. The summed E-state index contributed by atoms with van der Waals surface area (Å²) in [5, 5.41) is 18.9. The van der Waals surface area contributed by atoms with E-state index in [2.05, 4.69) is 15.0 Å². The van der Waals surface area contributed by atoms with Gasteiger partial charge in [-0.05, 0) is 30.3 Å². The Bertz CT molecular complexity index is 1240. The van der Waals surface area contributed by atoms with Gasteiger partial charge in [0.1, 0.15) is 23.5 Å². The molecular weight excluding hydrogens is 415 g/mol. The Kier molecular flexibility index (Phi) is 6.09. The molecule has 3 aromatic rings. The lowest BCUT2D eigenvalue weighted by molar-refractivity contribution is -0.134. The van der Waals surface area contributed by atoms with Crippen LogP contribution in [0.3, 0.4) is 0 Å². The van der Waals surface area contributed by atoms with Gasteiger partial charge < -0.3 is 19.9 Å². The molecule has 1 fully saturated rings. The molecule has 1 amide bonds. The van der Waals surface area contributed by atoms with E-state index in [0.29, 0.717) is 42.4 Å². The second kappa shape index (κ2) is 9.11. The number of aliphatic hydroxyl groups excluding tert-OH is 1. The van der Waals surface area contributed by atoms with Crippen molar-refractivity contribution >= 4 is 22.6 Å². The molecule has 3 heterocycles. The highest BCUT2D eigenvalue weighted by Gasteiger charge is 2.30. The molecule has 0 bridgehead atoms. The van der Waals surface area contributed by atoms with Crippen LogP contribution in [0.15, 0.2) is 41.3 Å². The number of nitriles is 1. The van der Waals surface area contributed by atoms with Crippen molar-refractivity contribution in [3.05, 3.63) is 64.1 Å². The predicted molar refractivity (Wildman–Crippen MR) is 114 cm³/mol. The average Bonchev–Trinajstić information content (AvgIpc) is 2.82. The molecule has 9 nitrogen and oxygen atoms in total. The molecule has 2 N–H and O–H groups in total. The van der Waals surface area contributed by atoms with E-state index in [0.717, 1.165) is 6.07 Å². The number of aromatic nitrogens is 3. The van der Waals surface area contributed by atoms with Crippen LogP contribution in [0.1, 0.15) is 17.8 Å². The van der Waals surface area contributed by atoms with Gasteiger partial charge in [-0.25, -0.2) is 14.4 Å². The highest BCUT2D eigenvalue weighted by molar-refractivity contribution is 5.78. The first kappa shape index (κ1) is 21.4. The van der Waals surface area contributed by atoms with E-state index in [-0.39, 0.29) is 30.7 Å². The van der Waals surface area contributed by atoms with Crippen LogP contribution in [0, 0.1) is 17.1 Å². The van der Waals surface area contributed by atoms with Gasteiger partial charge in [-0.1, -0.05) is 0 Å². The van der Waals surface area contributed by atoms with E-state index in [1.807, 2.05) is 11.0 Å². The fourth-order valence-electron chi connectivity index (χ4n) is 3.83. The van der Waals surface area contributed by atoms with E-state index >= 15 is 0 Å². The standard InChI is InChI=1S/C22H21FN6O3/c23-15-2-3-18-17(9-15)22(32)27-19(26-18)4-6-21(31)29-8-7-28(12-16(29)13-30)20-5-1-14(10-24)11-25-20/h1-3,5,9,11,16,30H,4,6-8,12-13H2,(H,26,27,32). The number of anilines is 1. The number of rotatable bonds is 5. The number of H-pyrrole nitrogens is 1. The highest BCUT2D eigenvalue weighted by atomic mass is 19.1. The van der Waals surface area contributed by atoms with Gasteiger partial charge in [0, 0.05) is 38.7 Å². The van der Waals surface area contributed by atoms with Crippen LogP contribution < -0.4 is 10.5 Å². The Balaban J connectivity index is 1.41. The maximum Gasteiger partial charge on any atom is 0.258 e. The van der Waals surface area contributed by atoms with E-state index in [4.69, 9.17) is 5.26 Å². The summed E-state index contributed by atoms with van der Waals surface area (Å²) in [6.45, 7) is 1.16. The molecule has 2 aromatic heterocycles. The highest BCUT2D eigenvalue weighted by Crippen LogP contribution is 2.18. The Hall–Kier alpha value is -3.84. The minimum absolute atomic E-state index is 0.112. The van der Waals surface area contributed by atoms with Gasteiger partial charge in [0.15, 0.2) is 0 Å². The summed E-state index contributed by atoms with van der Waals surface area (Å²) in [5.41, 5.74) is 0.384. The first-order valence-corrected chi connectivity index (χ1v) is 10.2. The molecule has 0 radical (unpaired) electrons. The molecule has 1 aliphatic heterocycles. The van der Waals surface area contributed by atoms with Crippen molar-refractivity contribution < 1.29 is 14.3 Å². The largest absolute Gasteiger partial charge is 0.394 e. The quantitative estimate of drug-likeness (QED) is 0.610. The van der Waals surface area contributed by atoms with Gasteiger partial charge in [-0.3, -0.25) is 9.59 Å². The SMILES string of the molecule is N#Cc1ccc(N2CCN(C(=O)CCc3nc4ccc(F)cc4c(=O)[nH]3)C(CO)C2)nc1. The third-order valence-electron chi connectivity index (χ3n) is 5.51. The van der Waals surface area contributed by atoms with Crippen LogP contribution in [-0.2, 0) is 11.2 Å². The Labute approximate surface area is 182 Å². The fraction of sp³-hybridized carbons (Fsp3) is 0.318. The van der Waals surface area contributed by atoms with Crippen LogP contribution in [0.5, 0.6) is 0 Å². The number of fused-ring (bicyclic) bond motifs is 1. The Morgan fingerprint density at radius 2 is 2.16 bits per heavy atom. The van der Waals surface area contributed by atoms with Crippen LogP contribution in [0.4, 0.5) is 10.2 Å². The third kappa shape index (κ3) is 4.43. The zero-order valence-corrected chi connectivity index (χ0v) is 17.2. The summed E-state index contributed by atoms with van der Waals surface area (Å²) in [4.78, 5) is 39.8. The van der Waals surface area contributed by atoms with Crippen LogP contribution in [-0.4, -0.2) is 63.1 Å². The van der Waals surface area contributed by atoms with Crippen molar-refractivity contribution in [3.8, 4) is 6.07 Å². The summed E-state index contributed by atoms with van der Waals surface area (Å²) in [7, 11) is 0. The minimum Gasteiger partial charge on any atom is -0.394 e. The number of aliphatic hydroxyl groups is 1. The number of pyridine rings is 1. The number of nitrogens with one attached hydrogen (secondary N) is 1. The maximum atomic E-state index is 13.3. The normalized spacial score (nSPS) is 16.2. The number of halogens is 1. The molecule has 0 spiro atoms. The summed E-state index contributed by atoms with van der Waals surface area (Å²) < 4.78 is 13.3. The molecule has 1 unspecified atom stereocenters. The van der Waals surface area contributed by atoms with Gasteiger partial charge >= 0.3 is 0 Å². The molecule has 1 atom stereocenters. The maximum absolute atomic E-state index is 13.3. The molecule has 164 valence electrons. The monoisotopic (exact) mass is 436 g/mol. The summed E-state index contributed by atoms with van der Waals surface area (Å²) in [6.07, 6.45) is 1.82. The predicted octanol–water partition coefficient (Wildman–Crippen LogP) is 0.971. The number of aromatic amines is 1. The number of carbonyl (C=O) groups is 1. The number of hydrogen-bond donors (Lipinski definition) is 2. The second-order valence-electron chi connectivity index (χ2n) is 7.56. The number of nitrogens with zero attached hydrogens (tertiary/aromatic N) is 5. The number of aryl methyl sites for hydroxylation is 1. The second-order valence-corrected chi connectivity index (χ2v) is 7.56. The number of benzene rings is 1. The molecule has 1 aromatic carbocycles.